The second kappa shape index (κ2) is 9.94. The van der Waals surface area contributed by atoms with Crippen molar-refractivity contribution in [2.24, 2.45) is 0 Å². The lowest BCUT2D eigenvalue weighted by molar-refractivity contribution is 0.208. The third-order valence-corrected chi connectivity index (χ3v) is 6.07. The van der Waals surface area contributed by atoms with Crippen molar-refractivity contribution in [3.8, 4) is 5.75 Å². The molecule has 2 heteroatoms. The Kier molecular flexibility index (Phi) is 7.34. The molecule has 0 aliphatic carbocycles. The second-order valence-electron chi connectivity index (χ2n) is 8.15. The summed E-state index contributed by atoms with van der Waals surface area (Å²) in [5.74, 6) is 0.682. The molecule has 1 aliphatic rings. The fraction of sp³-hybridized carbons (Fsp3) is 0.520. The van der Waals surface area contributed by atoms with Crippen LogP contribution in [0.5, 0.6) is 5.75 Å². The second-order valence-corrected chi connectivity index (χ2v) is 8.15. The van der Waals surface area contributed by atoms with Crippen LogP contribution in [0.4, 0.5) is 0 Å². The molecule has 1 heterocycles. The number of phenols is 1. The quantitative estimate of drug-likeness (QED) is 0.530. The van der Waals surface area contributed by atoms with Crippen molar-refractivity contribution < 1.29 is 5.11 Å². The van der Waals surface area contributed by atoms with E-state index in [1.54, 1.807) is 0 Å². The maximum absolute atomic E-state index is 10.6. The van der Waals surface area contributed by atoms with Gasteiger partial charge in [0.25, 0.3) is 0 Å². The number of rotatable bonds is 9. The Morgan fingerprint density at radius 1 is 1.00 bits per heavy atom. The monoisotopic (exact) mass is 365 g/mol. The third-order valence-electron chi connectivity index (χ3n) is 6.07. The SMILES string of the molecule is CCCCCC(CC(c1ccccc1)c1cc(C)ccc1O)N1CCCC1. The molecule has 0 saturated carbocycles. The molecule has 2 aromatic carbocycles. The molecule has 2 unspecified atom stereocenters. The van der Waals surface area contributed by atoms with Crippen molar-refractivity contribution in [2.45, 2.75) is 70.8 Å². The smallest absolute Gasteiger partial charge is 0.119 e. The van der Waals surface area contributed by atoms with Crippen LogP contribution in [0, 0.1) is 6.92 Å². The van der Waals surface area contributed by atoms with Crippen LogP contribution in [-0.4, -0.2) is 29.1 Å². The van der Waals surface area contributed by atoms with Gasteiger partial charge in [-0.3, -0.25) is 0 Å². The number of hydrogen-bond donors (Lipinski definition) is 1. The predicted molar refractivity (Wildman–Crippen MR) is 114 cm³/mol. The van der Waals surface area contributed by atoms with Crippen LogP contribution >= 0.6 is 0 Å². The lowest BCUT2D eigenvalue weighted by Gasteiger charge is -2.32. The summed E-state index contributed by atoms with van der Waals surface area (Å²) in [6, 6.07) is 17.4. The summed E-state index contributed by atoms with van der Waals surface area (Å²) in [6.45, 7) is 6.86. The molecule has 146 valence electrons. The number of nitrogens with zero attached hydrogens (tertiary/aromatic N) is 1. The van der Waals surface area contributed by atoms with E-state index < -0.39 is 0 Å². The van der Waals surface area contributed by atoms with Crippen LogP contribution in [0.3, 0.4) is 0 Å². The minimum atomic E-state index is 0.248. The summed E-state index contributed by atoms with van der Waals surface area (Å²) in [5.41, 5.74) is 3.62. The number of likely N-dealkylation sites (tertiary alicyclic amines) is 1. The molecule has 2 aromatic rings. The van der Waals surface area contributed by atoms with E-state index in [-0.39, 0.29) is 5.92 Å². The molecule has 1 aliphatic heterocycles. The molecule has 0 aromatic heterocycles. The Labute approximate surface area is 165 Å². The predicted octanol–water partition coefficient (Wildman–Crippen LogP) is 6.27. The van der Waals surface area contributed by atoms with E-state index in [4.69, 9.17) is 0 Å². The maximum atomic E-state index is 10.6. The minimum Gasteiger partial charge on any atom is -0.508 e. The van der Waals surface area contributed by atoms with E-state index in [1.165, 1.54) is 62.7 Å². The molecular weight excluding hydrogens is 330 g/mol. The highest BCUT2D eigenvalue weighted by molar-refractivity contribution is 5.43. The molecule has 1 N–H and O–H groups in total. The maximum Gasteiger partial charge on any atom is 0.119 e. The summed E-state index contributed by atoms with van der Waals surface area (Å²) in [4.78, 5) is 2.71. The third kappa shape index (κ3) is 5.35. The largest absolute Gasteiger partial charge is 0.508 e. The fourth-order valence-corrected chi connectivity index (χ4v) is 4.54. The molecule has 0 spiro atoms. The molecule has 3 rings (SSSR count). The van der Waals surface area contributed by atoms with Crippen LogP contribution < -0.4 is 0 Å². The Balaban J connectivity index is 1.89. The first kappa shape index (κ1) is 19.9. The van der Waals surface area contributed by atoms with Crippen LogP contribution in [0.15, 0.2) is 48.5 Å². The normalized spacial score (nSPS) is 17.1. The van der Waals surface area contributed by atoms with Gasteiger partial charge in [0, 0.05) is 17.5 Å². The van der Waals surface area contributed by atoms with Crippen molar-refractivity contribution in [1.82, 2.24) is 4.90 Å². The van der Waals surface area contributed by atoms with E-state index in [0.29, 0.717) is 11.8 Å². The number of benzene rings is 2. The highest BCUT2D eigenvalue weighted by Crippen LogP contribution is 2.37. The molecule has 0 bridgehead atoms. The number of aryl methyl sites for hydroxylation is 1. The highest BCUT2D eigenvalue weighted by atomic mass is 16.3. The molecule has 1 fully saturated rings. The van der Waals surface area contributed by atoms with E-state index in [1.807, 2.05) is 12.1 Å². The summed E-state index contributed by atoms with van der Waals surface area (Å²) >= 11 is 0. The molecule has 1 saturated heterocycles. The van der Waals surface area contributed by atoms with Crippen molar-refractivity contribution in [3.63, 3.8) is 0 Å². The topological polar surface area (TPSA) is 23.5 Å². The van der Waals surface area contributed by atoms with Gasteiger partial charge in [0.05, 0.1) is 0 Å². The summed E-state index contributed by atoms with van der Waals surface area (Å²) in [5, 5.41) is 10.6. The summed E-state index contributed by atoms with van der Waals surface area (Å²) in [7, 11) is 0. The number of unbranched alkanes of at least 4 members (excludes halogenated alkanes) is 2. The summed E-state index contributed by atoms with van der Waals surface area (Å²) < 4.78 is 0. The van der Waals surface area contributed by atoms with Gasteiger partial charge < -0.3 is 10.0 Å². The molecular formula is C25H35NO. The number of phenolic OH excluding ortho intramolecular Hbond substituents is 1. The van der Waals surface area contributed by atoms with Gasteiger partial charge in [-0.1, -0.05) is 74.2 Å². The minimum absolute atomic E-state index is 0.248. The Bertz CT molecular complexity index is 691. The van der Waals surface area contributed by atoms with E-state index >= 15 is 0 Å². The van der Waals surface area contributed by atoms with Crippen LogP contribution in [0.25, 0.3) is 0 Å². The van der Waals surface area contributed by atoms with Crippen LogP contribution in [-0.2, 0) is 0 Å². The van der Waals surface area contributed by atoms with Crippen LogP contribution in [0.1, 0.15) is 74.5 Å². The first-order chi connectivity index (χ1) is 13.2. The summed E-state index contributed by atoms with van der Waals surface area (Å²) in [6.07, 6.45) is 8.91. The van der Waals surface area contributed by atoms with Gasteiger partial charge in [0.2, 0.25) is 0 Å². The Morgan fingerprint density at radius 3 is 2.44 bits per heavy atom. The zero-order valence-corrected chi connectivity index (χ0v) is 17.0. The zero-order chi connectivity index (χ0) is 19.1. The zero-order valence-electron chi connectivity index (χ0n) is 17.0. The average molecular weight is 366 g/mol. The molecule has 0 amide bonds. The lowest BCUT2D eigenvalue weighted by Crippen LogP contribution is -2.34. The van der Waals surface area contributed by atoms with E-state index in [9.17, 15) is 5.11 Å². The van der Waals surface area contributed by atoms with Gasteiger partial charge in [-0.2, -0.15) is 0 Å². The standard InChI is InChI=1S/C25H35NO/c1-3-4-6-13-22(26-16-9-10-17-26)19-23(21-11-7-5-8-12-21)24-18-20(2)14-15-25(24)27/h5,7-8,11-12,14-15,18,22-23,27H,3-4,6,9-10,13,16-17,19H2,1-2H3. The van der Waals surface area contributed by atoms with Crippen molar-refractivity contribution in [2.75, 3.05) is 13.1 Å². The number of hydrogen-bond acceptors (Lipinski definition) is 2. The first-order valence-electron chi connectivity index (χ1n) is 10.8. The van der Waals surface area contributed by atoms with Gasteiger partial charge in [0.15, 0.2) is 0 Å². The van der Waals surface area contributed by atoms with E-state index in [2.05, 4.69) is 55.1 Å². The Morgan fingerprint density at radius 2 is 1.74 bits per heavy atom. The highest BCUT2D eigenvalue weighted by Gasteiger charge is 2.27. The van der Waals surface area contributed by atoms with Crippen molar-refractivity contribution >= 4 is 0 Å². The molecule has 0 radical (unpaired) electrons. The van der Waals surface area contributed by atoms with Crippen LogP contribution in [0.2, 0.25) is 0 Å². The van der Waals surface area contributed by atoms with Gasteiger partial charge in [-0.15, -0.1) is 0 Å². The molecule has 27 heavy (non-hydrogen) atoms. The van der Waals surface area contributed by atoms with Gasteiger partial charge in [0.1, 0.15) is 5.75 Å². The van der Waals surface area contributed by atoms with Gasteiger partial charge in [-0.25, -0.2) is 0 Å². The van der Waals surface area contributed by atoms with E-state index in [0.717, 1.165) is 12.0 Å². The van der Waals surface area contributed by atoms with Gasteiger partial charge >= 0.3 is 0 Å². The first-order valence-corrected chi connectivity index (χ1v) is 10.8. The molecule has 2 nitrogen and oxygen atoms in total. The Hall–Kier alpha value is -1.80. The van der Waals surface area contributed by atoms with Crippen molar-refractivity contribution in [3.05, 3.63) is 65.2 Å². The number of aromatic hydroxyl groups is 1. The van der Waals surface area contributed by atoms with Crippen molar-refractivity contribution in [1.29, 1.82) is 0 Å². The lowest BCUT2D eigenvalue weighted by atomic mass is 9.83. The molecule has 2 atom stereocenters. The van der Waals surface area contributed by atoms with Gasteiger partial charge in [-0.05, 0) is 57.3 Å². The fourth-order valence-electron chi connectivity index (χ4n) is 4.54. The average Bonchev–Trinajstić information content (AvgIpc) is 3.22.